The maximum Gasteiger partial charge on any atom is 0.228 e. The minimum atomic E-state index is -0.324. The Morgan fingerprint density at radius 3 is 2.53 bits per heavy atom. The highest BCUT2D eigenvalue weighted by Gasteiger charge is 2.04. The summed E-state index contributed by atoms with van der Waals surface area (Å²) in [6.07, 6.45) is 0.173. The van der Waals surface area contributed by atoms with Gasteiger partial charge in [0, 0.05) is 5.69 Å². The quantitative estimate of drug-likeness (QED) is 0.861. The first-order valence-corrected chi connectivity index (χ1v) is 5.33. The van der Waals surface area contributed by atoms with E-state index in [0.717, 1.165) is 5.69 Å². The van der Waals surface area contributed by atoms with Crippen molar-refractivity contribution < 1.29 is 9.18 Å². The van der Waals surface area contributed by atoms with E-state index >= 15 is 0 Å². The van der Waals surface area contributed by atoms with Gasteiger partial charge in [-0.1, -0.05) is 30.3 Å². The van der Waals surface area contributed by atoms with Crippen LogP contribution in [0.1, 0.15) is 5.56 Å². The normalized spacial score (nSPS) is 9.94. The molecule has 0 aromatic heterocycles. The summed E-state index contributed by atoms with van der Waals surface area (Å²) in [7, 11) is 0. The number of para-hydroxylation sites is 1. The van der Waals surface area contributed by atoms with E-state index in [1.807, 2.05) is 30.3 Å². The summed E-state index contributed by atoms with van der Waals surface area (Å²) in [6.45, 7) is 0. The second kappa shape index (κ2) is 5.25. The van der Waals surface area contributed by atoms with Crippen molar-refractivity contribution in [2.45, 2.75) is 6.42 Å². The van der Waals surface area contributed by atoms with Crippen LogP contribution in [-0.2, 0) is 11.2 Å². The number of amides is 1. The van der Waals surface area contributed by atoms with Crippen LogP contribution >= 0.6 is 0 Å². The van der Waals surface area contributed by atoms with E-state index in [2.05, 4.69) is 5.32 Å². The Morgan fingerprint density at radius 2 is 1.82 bits per heavy atom. The molecule has 1 amide bonds. The summed E-state index contributed by atoms with van der Waals surface area (Å²) in [4.78, 5) is 11.7. The van der Waals surface area contributed by atoms with E-state index < -0.39 is 0 Å². The summed E-state index contributed by atoms with van der Waals surface area (Å²) in [5, 5.41) is 2.75. The fraction of sp³-hybridized carbons (Fsp3) is 0.0714. The third-order valence-electron chi connectivity index (χ3n) is 2.31. The van der Waals surface area contributed by atoms with Crippen LogP contribution in [0.2, 0.25) is 0 Å². The molecule has 3 heteroatoms. The highest BCUT2D eigenvalue weighted by molar-refractivity contribution is 5.92. The first-order chi connectivity index (χ1) is 8.24. The van der Waals surface area contributed by atoms with Gasteiger partial charge in [-0.2, -0.15) is 0 Å². The number of carbonyl (C=O) groups is 1. The molecule has 0 fully saturated rings. The molecule has 0 aliphatic carbocycles. The molecule has 2 nitrogen and oxygen atoms in total. The van der Waals surface area contributed by atoms with Crippen molar-refractivity contribution in [2.75, 3.05) is 5.32 Å². The zero-order chi connectivity index (χ0) is 12.1. The minimum absolute atomic E-state index is 0.151. The Labute approximate surface area is 99.1 Å². The van der Waals surface area contributed by atoms with Crippen LogP contribution in [0.4, 0.5) is 10.1 Å². The minimum Gasteiger partial charge on any atom is -0.326 e. The first-order valence-electron chi connectivity index (χ1n) is 5.33. The number of carbonyl (C=O) groups excluding carboxylic acids is 1. The lowest BCUT2D eigenvalue weighted by molar-refractivity contribution is -0.115. The van der Waals surface area contributed by atoms with Crippen molar-refractivity contribution in [3.05, 3.63) is 66.0 Å². The fourth-order valence-electron chi connectivity index (χ4n) is 1.56. The first kappa shape index (κ1) is 11.3. The number of halogens is 1. The Hall–Kier alpha value is -2.16. The number of hydrogen-bond acceptors (Lipinski definition) is 1. The zero-order valence-corrected chi connectivity index (χ0v) is 9.19. The van der Waals surface area contributed by atoms with E-state index in [4.69, 9.17) is 0 Å². The summed E-state index contributed by atoms with van der Waals surface area (Å²) in [5.41, 5.74) is 1.41. The fourth-order valence-corrected chi connectivity index (χ4v) is 1.56. The molecule has 17 heavy (non-hydrogen) atoms. The molecule has 0 saturated carbocycles. The van der Waals surface area contributed by atoms with Gasteiger partial charge >= 0.3 is 0 Å². The predicted molar refractivity (Wildman–Crippen MR) is 65.2 cm³/mol. The van der Waals surface area contributed by atoms with Crippen molar-refractivity contribution in [1.82, 2.24) is 0 Å². The molecule has 1 N–H and O–H groups in total. The van der Waals surface area contributed by atoms with Gasteiger partial charge in [0.1, 0.15) is 5.82 Å². The summed E-state index contributed by atoms with van der Waals surface area (Å²) in [5.74, 6) is -0.475. The lowest BCUT2D eigenvalue weighted by atomic mass is 10.1. The molecule has 0 aliphatic heterocycles. The van der Waals surface area contributed by atoms with Crippen LogP contribution in [-0.4, -0.2) is 5.91 Å². The van der Waals surface area contributed by atoms with Crippen molar-refractivity contribution >= 4 is 11.6 Å². The van der Waals surface area contributed by atoms with Gasteiger partial charge in [-0.15, -0.1) is 0 Å². The summed E-state index contributed by atoms with van der Waals surface area (Å²) in [6, 6.07) is 15.2. The highest BCUT2D eigenvalue weighted by atomic mass is 19.1. The number of rotatable bonds is 3. The van der Waals surface area contributed by atoms with E-state index in [-0.39, 0.29) is 18.1 Å². The molecule has 2 aromatic carbocycles. The van der Waals surface area contributed by atoms with Gasteiger partial charge in [0.15, 0.2) is 0 Å². The largest absolute Gasteiger partial charge is 0.326 e. The van der Waals surface area contributed by atoms with Crippen molar-refractivity contribution in [2.24, 2.45) is 0 Å². The molecule has 86 valence electrons. The smallest absolute Gasteiger partial charge is 0.228 e. The lowest BCUT2D eigenvalue weighted by Crippen LogP contribution is -2.14. The van der Waals surface area contributed by atoms with Crippen molar-refractivity contribution in [1.29, 1.82) is 0 Å². The molecule has 0 spiro atoms. The van der Waals surface area contributed by atoms with E-state index in [9.17, 15) is 9.18 Å². The van der Waals surface area contributed by atoms with Crippen molar-refractivity contribution in [3.63, 3.8) is 0 Å². The van der Waals surface area contributed by atoms with Gasteiger partial charge in [0.05, 0.1) is 6.42 Å². The van der Waals surface area contributed by atoms with E-state index in [0.29, 0.717) is 5.56 Å². The molecular weight excluding hydrogens is 217 g/mol. The van der Waals surface area contributed by atoms with Gasteiger partial charge < -0.3 is 5.32 Å². The molecule has 0 bridgehead atoms. The van der Waals surface area contributed by atoms with Gasteiger partial charge in [0.25, 0.3) is 0 Å². The average Bonchev–Trinajstić information content (AvgIpc) is 2.30. The summed E-state index contributed by atoms with van der Waals surface area (Å²) < 4.78 is 12.9. The third kappa shape index (κ3) is 3.41. The maximum atomic E-state index is 12.9. The Balaban J connectivity index is 1.98. The number of benzene rings is 2. The molecule has 0 aliphatic rings. The zero-order valence-electron chi connectivity index (χ0n) is 9.19. The Kier molecular flexibility index (Phi) is 3.50. The van der Waals surface area contributed by atoms with Crippen LogP contribution in [0.15, 0.2) is 54.6 Å². The number of anilines is 1. The van der Waals surface area contributed by atoms with Crippen molar-refractivity contribution in [3.8, 4) is 0 Å². The number of nitrogens with one attached hydrogen (secondary N) is 1. The van der Waals surface area contributed by atoms with E-state index in [1.165, 1.54) is 12.1 Å². The van der Waals surface area contributed by atoms with Gasteiger partial charge in [-0.3, -0.25) is 4.79 Å². The molecular formula is C14H12FNO. The Morgan fingerprint density at radius 1 is 1.06 bits per heavy atom. The van der Waals surface area contributed by atoms with Gasteiger partial charge in [0.2, 0.25) is 5.91 Å². The molecule has 2 aromatic rings. The third-order valence-corrected chi connectivity index (χ3v) is 2.31. The number of hydrogen-bond donors (Lipinski definition) is 1. The van der Waals surface area contributed by atoms with Gasteiger partial charge in [-0.05, 0) is 29.8 Å². The van der Waals surface area contributed by atoms with Crippen LogP contribution in [0.25, 0.3) is 0 Å². The average molecular weight is 229 g/mol. The highest BCUT2D eigenvalue weighted by Crippen LogP contribution is 2.08. The molecule has 0 heterocycles. The standard InChI is InChI=1S/C14H12FNO/c15-12-6-4-5-11(9-12)10-14(17)16-13-7-2-1-3-8-13/h1-9H,10H2,(H,16,17). The van der Waals surface area contributed by atoms with Crippen LogP contribution in [0, 0.1) is 5.82 Å². The topological polar surface area (TPSA) is 29.1 Å². The Bertz CT molecular complexity index is 511. The van der Waals surface area contributed by atoms with Crippen LogP contribution in [0.3, 0.4) is 0 Å². The maximum absolute atomic E-state index is 12.9. The molecule has 2 rings (SSSR count). The second-order valence-corrected chi connectivity index (χ2v) is 3.72. The predicted octanol–water partition coefficient (Wildman–Crippen LogP) is 3.01. The van der Waals surface area contributed by atoms with Crippen LogP contribution < -0.4 is 5.32 Å². The molecule has 0 unspecified atom stereocenters. The van der Waals surface area contributed by atoms with Gasteiger partial charge in [-0.25, -0.2) is 4.39 Å². The molecule has 0 radical (unpaired) electrons. The van der Waals surface area contributed by atoms with E-state index in [1.54, 1.807) is 12.1 Å². The lowest BCUT2D eigenvalue weighted by Gasteiger charge is -2.04. The second-order valence-electron chi connectivity index (χ2n) is 3.72. The SMILES string of the molecule is O=C(Cc1cccc(F)c1)Nc1ccccc1. The van der Waals surface area contributed by atoms with Crippen LogP contribution in [0.5, 0.6) is 0 Å². The summed E-state index contributed by atoms with van der Waals surface area (Å²) >= 11 is 0. The molecule has 0 atom stereocenters. The molecule has 0 saturated heterocycles. The monoisotopic (exact) mass is 229 g/mol.